The zero-order valence-electron chi connectivity index (χ0n) is 9.65. The molecule has 1 rings (SSSR count). The van der Waals surface area contributed by atoms with Gasteiger partial charge >= 0.3 is 0 Å². The van der Waals surface area contributed by atoms with Gasteiger partial charge in [-0.25, -0.2) is 8.42 Å². The van der Waals surface area contributed by atoms with E-state index in [9.17, 15) is 8.42 Å². The Bertz CT molecular complexity index is 474. The lowest BCUT2D eigenvalue weighted by Crippen LogP contribution is -2.16. The van der Waals surface area contributed by atoms with Gasteiger partial charge in [0.1, 0.15) is 12.4 Å². The second-order valence-electron chi connectivity index (χ2n) is 3.51. The normalized spacial score (nSPS) is 11.5. The lowest BCUT2D eigenvalue weighted by molar-refractivity contribution is 0.337. The molecule has 0 aromatic heterocycles. The summed E-state index contributed by atoms with van der Waals surface area (Å²) in [5, 5.41) is 0.531. The number of nitrogens with two attached hydrogens (primary N) is 1. The number of halogens is 1. The molecule has 96 valence electrons. The van der Waals surface area contributed by atoms with Crippen LogP contribution in [0.25, 0.3) is 0 Å². The summed E-state index contributed by atoms with van der Waals surface area (Å²) in [6, 6.07) is 5.19. The molecular weight excluding hydrogens is 262 g/mol. The predicted molar refractivity (Wildman–Crippen MR) is 69.2 cm³/mol. The van der Waals surface area contributed by atoms with E-state index in [0.717, 1.165) is 0 Å². The quantitative estimate of drug-likeness (QED) is 0.858. The molecule has 0 heterocycles. The van der Waals surface area contributed by atoms with Crippen LogP contribution >= 0.6 is 11.6 Å². The number of hydrogen-bond acceptors (Lipinski definition) is 4. The monoisotopic (exact) mass is 277 g/mol. The summed E-state index contributed by atoms with van der Waals surface area (Å²) in [6.07, 6.45) is 0. The molecular formula is C11H16ClNO3S. The van der Waals surface area contributed by atoms with Crippen LogP contribution in [0.1, 0.15) is 12.5 Å². The van der Waals surface area contributed by atoms with Crippen molar-refractivity contribution >= 4 is 21.4 Å². The molecule has 0 amide bonds. The molecule has 6 heteroatoms. The van der Waals surface area contributed by atoms with Crippen LogP contribution in [0.2, 0.25) is 5.02 Å². The highest BCUT2D eigenvalue weighted by Crippen LogP contribution is 2.25. The van der Waals surface area contributed by atoms with Gasteiger partial charge in [-0.3, -0.25) is 0 Å². The van der Waals surface area contributed by atoms with Gasteiger partial charge in [0.2, 0.25) is 0 Å². The Hall–Kier alpha value is -0.780. The van der Waals surface area contributed by atoms with E-state index in [1.165, 1.54) is 0 Å². The topological polar surface area (TPSA) is 69.4 Å². The Morgan fingerprint density at radius 3 is 2.71 bits per heavy atom. The van der Waals surface area contributed by atoms with Crippen molar-refractivity contribution in [3.05, 3.63) is 28.8 Å². The van der Waals surface area contributed by atoms with Gasteiger partial charge in [-0.15, -0.1) is 0 Å². The van der Waals surface area contributed by atoms with Crippen molar-refractivity contribution in [3.8, 4) is 5.75 Å². The molecule has 17 heavy (non-hydrogen) atoms. The number of ether oxygens (including phenoxy) is 1. The smallest absolute Gasteiger partial charge is 0.153 e. The van der Waals surface area contributed by atoms with Gasteiger partial charge in [0.05, 0.1) is 5.75 Å². The third kappa shape index (κ3) is 4.18. The van der Waals surface area contributed by atoms with Crippen molar-refractivity contribution in [2.24, 2.45) is 5.73 Å². The molecule has 2 N–H and O–H groups in total. The second kappa shape index (κ2) is 6.23. The molecule has 0 radical (unpaired) electrons. The summed E-state index contributed by atoms with van der Waals surface area (Å²) in [6.45, 7) is 1.99. The Morgan fingerprint density at radius 1 is 1.41 bits per heavy atom. The predicted octanol–water partition coefficient (Wildman–Crippen LogP) is 1.61. The molecule has 0 bridgehead atoms. The average molecular weight is 278 g/mol. The average Bonchev–Trinajstić information content (AvgIpc) is 2.29. The summed E-state index contributed by atoms with van der Waals surface area (Å²) in [5.74, 6) is 0.668. The van der Waals surface area contributed by atoms with Gasteiger partial charge in [0.15, 0.2) is 9.84 Å². The van der Waals surface area contributed by atoms with Crippen LogP contribution in [0.5, 0.6) is 5.75 Å². The first-order valence-electron chi connectivity index (χ1n) is 5.31. The second-order valence-corrected chi connectivity index (χ2v) is 6.39. The van der Waals surface area contributed by atoms with Crippen molar-refractivity contribution in [2.75, 3.05) is 18.1 Å². The van der Waals surface area contributed by atoms with Crippen LogP contribution in [0.15, 0.2) is 18.2 Å². The summed E-state index contributed by atoms with van der Waals surface area (Å²) in [7, 11) is -3.01. The molecule has 0 fully saturated rings. The number of hydrogen-bond donors (Lipinski definition) is 1. The molecule has 0 aliphatic carbocycles. The first-order chi connectivity index (χ1) is 8.00. The highest BCUT2D eigenvalue weighted by Gasteiger charge is 2.10. The summed E-state index contributed by atoms with van der Waals surface area (Å²) in [4.78, 5) is 0. The molecule has 0 spiro atoms. The number of sulfone groups is 1. The van der Waals surface area contributed by atoms with Crippen LogP contribution in [0, 0.1) is 0 Å². The number of benzene rings is 1. The molecule has 0 saturated carbocycles. The molecule has 1 aromatic rings. The Kier molecular flexibility index (Phi) is 5.24. The summed E-state index contributed by atoms with van der Waals surface area (Å²) in [5.41, 5.74) is 6.25. The molecule has 4 nitrogen and oxygen atoms in total. The van der Waals surface area contributed by atoms with Crippen LogP contribution in [-0.4, -0.2) is 26.5 Å². The van der Waals surface area contributed by atoms with Crippen molar-refractivity contribution in [2.45, 2.75) is 13.5 Å². The molecule has 0 atom stereocenters. The fourth-order valence-corrected chi connectivity index (χ4v) is 2.16. The maximum atomic E-state index is 11.3. The van der Waals surface area contributed by atoms with Crippen molar-refractivity contribution < 1.29 is 13.2 Å². The van der Waals surface area contributed by atoms with Gasteiger partial charge in [0, 0.05) is 22.9 Å². The maximum absolute atomic E-state index is 11.3. The maximum Gasteiger partial charge on any atom is 0.153 e. The van der Waals surface area contributed by atoms with Crippen LogP contribution in [0.3, 0.4) is 0 Å². The molecule has 0 aliphatic rings. The number of rotatable bonds is 6. The van der Waals surface area contributed by atoms with Gasteiger partial charge in [0.25, 0.3) is 0 Å². The van der Waals surface area contributed by atoms with Crippen LogP contribution in [0.4, 0.5) is 0 Å². The Balaban J connectivity index is 2.67. The van der Waals surface area contributed by atoms with E-state index in [2.05, 4.69) is 0 Å². The minimum Gasteiger partial charge on any atom is -0.492 e. The largest absolute Gasteiger partial charge is 0.492 e. The third-order valence-corrected chi connectivity index (χ3v) is 4.39. The molecule has 1 aromatic carbocycles. The summed E-state index contributed by atoms with van der Waals surface area (Å²) < 4.78 is 28.0. The fraction of sp³-hybridized carbons (Fsp3) is 0.455. The van der Waals surface area contributed by atoms with Crippen molar-refractivity contribution in [1.29, 1.82) is 0 Å². The first-order valence-corrected chi connectivity index (χ1v) is 7.50. The molecule has 0 saturated heterocycles. The third-order valence-electron chi connectivity index (χ3n) is 2.37. The van der Waals surface area contributed by atoms with E-state index < -0.39 is 9.84 Å². The van der Waals surface area contributed by atoms with Crippen molar-refractivity contribution in [1.82, 2.24) is 0 Å². The zero-order valence-corrected chi connectivity index (χ0v) is 11.2. The van der Waals surface area contributed by atoms with E-state index in [4.69, 9.17) is 22.1 Å². The standard InChI is InChI=1S/C11H16ClNO3S/c1-2-17(14,15)7-6-16-11-5-3-4-10(12)9(11)8-13/h3-5H,2,6-8,13H2,1H3. The first kappa shape index (κ1) is 14.3. The van der Waals surface area contributed by atoms with E-state index in [1.807, 2.05) is 0 Å². The van der Waals surface area contributed by atoms with Gasteiger partial charge in [-0.2, -0.15) is 0 Å². The lowest BCUT2D eigenvalue weighted by atomic mass is 10.2. The van der Waals surface area contributed by atoms with Gasteiger partial charge in [-0.05, 0) is 12.1 Å². The molecule has 0 unspecified atom stereocenters. The molecule has 0 aliphatic heterocycles. The Morgan fingerprint density at radius 2 is 2.12 bits per heavy atom. The van der Waals surface area contributed by atoms with Crippen LogP contribution in [-0.2, 0) is 16.4 Å². The van der Waals surface area contributed by atoms with E-state index >= 15 is 0 Å². The Labute approximate surface area is 107 Å². The highest BCUT2D eigenvalue weighted by atomic mass is 35.5. The minimum atomic E-state index is -3.01. The van der Waals surface area contributed by atoms with Crippen LogP contribution < -0.4 is 10.5 Å². The van der Waals surface area contributed by atoms with E-state index in [-0.39, 0.29) is 24.7 Å². The van der Waals surface area contributed by atoms with Crippen molar-refractivity contribution in [3.63, 3.8) is 0 Å². The summed E-state index contributed by atoms with van der Waals surface area (Å²) >= 11 is 5.95. The SMILES string of the molecule is CCS(=O)(=O)CCOc1cccc(Cl)c1CN. The minimum absolute atomic E-state index is 0.0000246. The van der Waals surface area contributed by atoms with E-state index in [0.29, 0.717) is 16.3 Å². The highest BCUT2D eigenvalue weighted by molar-refractivity contribution is 7.91. The lowest BCUT2D eigenvalue weighted by Gasteiger charge is -2.11. The zero-order chi connectivity index (χ0) is 12.9. The van der Waals surface area contributed by atoms with Gasteiger partial charge < -0.3 is 10.5 Å². The fourth-order valence-electron chi connectivity index (χ4n) is 1.30. The van der Waals surface area contributed by atoms with E-state index in [1.54, 1.807) is 25.1 Å². The van der Waals surface area contributed by atoms with Gasteiger partial charge in [-0.1, -0.05) is 24.6 Å².